The zero-order valence-corrected chi connectivity index (χ0v) is 23.6. The van der Waals surface area contributed by atoms with Crippen LogP contribution in [0.1, 0.15) is 69.2 Å². The number of nitrogens with one attached hydrogen (secondary N) is 2. The molecule has 196 valence electrons. The molecule has 1 aliphatic heterocycles. The van der Waals surface area contributed by atoms with E-state index in [0.29, 0.717) is 12.5 Å². The average molecular weight is 485 g/mol. The van der Waals surface area contributed by atoms with Crippen molar-refractivity contribution in [1.82, 2.24) is 20.4 Å². The van der Waals surface area contributed by atoms with Gasteiger partial charge in [-0.05, 0) is 57.1 Å². The molecule has 1 unspecified atom stereocenters. The Balaban J connectivity index is 0.00000210. The van der Waals surface area contributed by atoms with E-state index in [1.54, 1.807) is 7.05 Å². The number of unbranched alkanes of at least 4 members (excludes halogenated alkanes) is 1. The molecule has 2 amide bonds. The number of carbonyl (C=O) groups is 1. The van der Waals surface area contributed by atoms with Crippen LogP contribution < -0.4 is 20.4 Å². The van der Waals surface area contributed by atoms with Gasteiger partial charge in [0, 0.05) is 51.5 Å². The standard InChI is InChI=1S/C26H42N6O.C2H6/c1-8-9-12-31(17-19(3)16-28-26(33)27-6)25-22-11-10-13-32(24(22)29-30(25)7)23-20(4)14-18(2)15-21(23)5;1-2/h14-15,19H,8-13,16-17H2,1-7H3,(H2,27,28,33);1-2H3. The Morgan fingerprint density at radius 1 is 1.20 bits per heavy atom. The van der Waals surface area contributed by atoms with Gasteiger partial charge in [-0.1, -0.05) is 51.8 Å². The first-order valence-corrected chi connectivity index (χ1v) is 13.4. The molecule has 0 fully saturated rings. The SMILES string of the molecule is CC.CCCCN(CC(C)CNC(=O)NC)c1c2c(nn1C)N(c1c(C)cc(C)cc1C)CCC2. The van der Waals surface area contributed by atoms with E-state index in [9.17, 15) is 4.79 Å². The Hall–Kier alpha value is -2.70. The van der Waals surface area contributed by atoms with Gasteiger partial charge < -0.3 is 20.4 Å². The van der Waals surface area contributed by atoms with Gasteiger partial charge in [-0.3, -0.25) is 4.68 Å². The van der Waals surface area contributed by atoms with Crippen LogP contribution in [0.15, 0.2) is 12.1 Å². The highest BCUT2D eigenvalue weighted by molar-refractivity contribution is 5.75. The van der Waals surface area contributed by atoms with Crippen LogP contribution in [0.25, 0.3) is 0 Å². The van der Waals surface area contributed by atoms with Crippen molar-refractivity contribution in [2.75, 3.05) is 43.0 Å². The number of amides is 2. The highest BCUT2D eigenvalue weighted by atomic mass is 16.2. The molecule has 1 aromatic heterocycles. The number of carbonyl (C=O) groups excluding carboxylic acids is 1. The third-order valence-corrected chi connectivity index (χ3v) is 6.51. The zero-order valence-electron chi connectivity index (χ0n) is 23.6. The lowest BCUT2D eigenvalue weighted by Gasteiger charge is -2.33. The van der Waals surface area contributed by atoms with Gasteiger partial charge in [-0.25, -0.2) is 4.79 Å². The predicted octanol–water partition coefficient (Wildman–Crippen LogP) is 5.63. The molecule has 1 atom stereocenters. The van der Waals surface area contributed by atoms with Crippen LogP contribution >= 0.6 is 0 Å². The van der Waals surface area contributed by atoms with Crippen LogP contribution in [0.4, 0.5) is 22.1 Å². The molecular weight excluding hydrogens is 436 g/mol. The van der Waals surface area contributed by atoms with Crippen molar-refractivity contribution in [2.24, 2.45) is 13.0 Å². The number of aromatic nitrogens is 2. The Bertz CT molecular complexity index is 944. The number of hydrogen-bond donors (Lipinski definition) is 2. The monoisotopic (exact) mass is 484 g/mol. The first-order chi connectivity index (χ1) is 16.8. The van der Waals surface area contributed by atoms with Crippen LogP contribution in [-0.2, 0) is 13.5 Å². The van der Waals surface area contributed by atoms with Crippen LogP contribution in [-0.4, -0.2) is 49.0 Å². The summed E-state index contributed by atoms with van der Waals surface area (Å²) in [6.45, 7) is 18.5. The first kappa shape index (κ1) is 28.5. The van der Waals surface area contributed by atoms with E-state index >= 15 is 0 Å². The second-order valence-electron chi connectivity index (χ2n) is 9.62. The Morgan fingerprint density at radius 2 is 1.86 bits per heavy atom. The van der Waals surface area contributed by atoms with Gasteiger partial charge in [0.05, 0.1) is 0 Å². The summed E-state index contributed by atoms with van der Waals surface area (Å²) in [5.74, 6) is 2.66. The number of rotatable bonds is 9. The summed E-state index contributed by atoms with van der Waals surface area (Å²) in [4.78, 5) is 16.6. The topological polar surface area (TPSA) is 65.4 Å². The Labute approximate surface area is 213 Å². The highest BCUT2D eigenvalue weighted by Gasteiger charge is 2.30. The largest absolute Gasteiger partial charge is 0.356 e. The number of nitrogens with zero attached hydrogens (tertiary/aromatic N) is 4. The second kappa shape index (κ2) is 13.4. The molecule has 7 heteroatoms. The summed E-state index contributed by atoms with van der Waals surface area (Å²) in [5.41, 5.74) is 6.58. The normalized spacial score (nSPS) is 13.5. The van der Waals surface area contributed by atoms with Gasteiger partial charge in [0.25, 0.3) is 0 Å². The highest BCUT2D eigenvalue weighted by Crippen LogP contribution is 2.40. The van der Waals surface area contributed by atoms with E-state index in [-0.39, 0.29) is 6.03 Å². The quantitative estimate of drug-likeness (QED) is 0.484. The number of hydrogen-bond acceptors (Lipinski definition) is 4. The van der Waals surface area contributed by atoms with E-state index in [1.165, 1.54) is 33.8 Å². The van der Waals surface area contributed by atoms with Crippen molar-refractivity contribution in [1.29, 1.82) is 0 Å². The van der Waals surface area contributed by atoms with Crippen LogP contribution in [0.3, 0.4) is 0 Å². The van der Waals surface area contributed by atoms with Crippen molar-refractivity contribution in [2.45, 2.75) is 74.1 Å². The minimum absolute atomic E-state index is 0.126. The van der Waals surface area contributed by atoms with Crippen molar-refractivity contribution in [3.63, 3.8) is 0 Å². The predicted molar refractivity (Wildman–Crippen MR) is 149 cm³/mol. The second-order valence-corrected chi connectivity index (χ2v) is 9.62. The lowest BCUT2D eigenvalue weighted by molar-refractivity contribution is 0.241. The van der Waals surface area contributed by atoms with E-state index in [0.717, 1.165) is 51.1 Å². The maximum absolute atomic E-state index is 11.6. The van der Waals surface area contributed by atoms with Gasteiger partial charge in [0.15, 0.2) is 5.82 Å². The molecule has 0 bridgehead atoms. The molecule has 7 nitrogen and oxygen atoms in total. The van der Waals surface area contributed by atoms with E-state index in [1.807, 2.05) is 13.8 Å². The van der Waals surface area contributed by atoms with E-state index < -0.39 is 0 Å². The van der Waals surface area contributed by atoms with Crippen LogP contribution in [0, 0.1) is 26.7 Å². The summed E-state index contributed by atoms with van der Waals surface area (Å²) in [6, 6.07) is 4.42. The fraction of sp³-hybridized carbons (Fsp3) is 0.643. The number of fused-ring (bicyclic) bond motifs is 1. The van der Waals surface area contributed by atoms with Gasteiger partial charge in [0.1, 0.15) is 5.82 Å². The molecule has 2 heterocycles. The number of urea groups is 1. The molecule has 3 rings (SSSR count). The summed E-state index contributed by atoms with van der Waals surface area (Å²) in [5, 5.41) is 10.6. The van der Waals surface area contributed by atoms with Crippen molar-refractivity contribution >= 4 is 23.4 Å². The first-order valence-electron chi connectivity index (χ1n) is 13.4. The summed E-state index contributed by atoms with van der Waals surface area (Å²) in [6.07, 6.45) is 4.45. The van der Waals surface area contributed by atoms with E-state index in [4.69, 9.17) is 5.10 Å². The molecule has 1 aliphatic rings. The molecule has 0 radical (unpaired) electrons. The molecule has 2 aromatic rings. The molecule has 0 aliphatic carbocycles. The fourth-order valence-corrected chi connectivity index (χ4v) is 5.15. The van der Waals surface area contributed by atoms with Crippen molar-refractivity contribution in [3.8, 4) is 0 Å². The van der Waals surface area contributed by atoms with Gasteiger partial charge >= 0.3 is 6.03 Å². The maximum atomic E-state index is 11.6. The molecule has 1 aromatic carbocycles. The van der Waals surface area contributed by atoms with Gasteiger partial charge in [0.2, 0.25) is 0 Å². The third kappa shape index (κ3) is 6.92. The minimum atomic E-state index is -0.126. The smallest absolute Gasteiger partial charge is 0.314 e. The number of benzene rings is 1. The lowest BCUT2D eigenvalue weighted by Crippen LogP contribution is -2.40. The van der Waals surface area contributed by atoms with Crippen LogP contribution in [0.2, 0.25) is 0 Å². The Morgan fingerprint density at radius 3 is 2.46 bits per heavy atom. The Kier molecular flexibility index (Phi) is 10.9. The van der Waals surface area contributed by atoms with Gasteiger partial charge in [-0.15, -0.1) is 0 Å². The molecule has 35 heavy (non-hydrogen) atoms. The molecular formula is C28H48N6O. The van der Waals surface area contributed by atoms with Crippen molar-refractivity contribution in [3.05, 3.63) is 34.4 Å². The summed E-state index contributed by atoms with van der Waals surface area (Å²) >= 11 is 0. The number of aryl methyl sites for hydroxylation is 4. The zero-order chi connectivity index (χ0) is 26.1. The van der Waals surface area contributed by atoms with E-state index in [2.05, 4.69) is 78.9 Å². The number of anilines is 3. The van der Waals surface area contributed by atoms with Gasteiger partial charge in [-0.2, -0.15) is 5.10 Å². The molecule has 2 N–H and O–H groups in total. The lowest BCUT2D eigenvalue weighted by atomic mass is 10.00. The van der Waals surface area contributed by atoms with Crippen LogP contribution in [0.5, 0.6) is 0 Å². The fourth-order valence-electron chi connectivity index (χ4n) is 5.15. The maximum Gasteiger partial charge on any atom is 0.314 e. The molecule has 0 saturated heterocycles. The van der Waals surface area contributed by atoms with Crippen molar-refractivity contribution < 1.29 is 4.79 Å². The molecule has 0 saturated carbocycles. The summed E-state index contributed by atoms with van der Waals surface area (Å²) < 4.78 is 2.08. The summed E-state index contributed by atoms with van der Waals surface area (Å²) in [7, 11) is 3.73. The minimum Gasteiger partial charge on any atom is -0.356 e. The molecule has 0 spiro atoms. The average Bonchev–Trinajstić information content (AvgIpc) is 3.17. The third-order valence-electron chi connectivity index (χ3n) is 6.51.